The molecule has 0 amide bonds. The van der Waals surface area contributed by atoms with E-state index in [1.807, 2.05) is 4.40 Å². The number of hydrogen-bond donors (Lipinski definition) is 0. The third-order valence-corrected chi connectivity index (χ3v) is 5.71. The first-order chi connectivity index (χ1) is 8.93. The van der Waals surface area contributed by atoms with Gasteiger partial charge in [0, 0.05) is 23.9 Å². The Morgan fingerprint density at radius 2 is 2.11 bits per heavy atom. The fourth-order valence-electron chi connectivity index (χ4n) is 4.13. The van der Waals surface area contributed by atoms with E-state index < -0.39 is 0 Å². The van der Waals surface area contributed by atoms with Crippen LogP contribution in [0, 0.1) is 5.41 Å². The molecule has 0 aliphatic heterocycles. The second-order valence-corrected chi connectivity index (χ2v) is 6.66. The average Bonchev–Trinajstić information content (AvgIpc) is 2.68. The molecule has 19 heavy (non-hydrogen) atoms. The Morgan fingerprint density at radius 1 is 1.32 bits per heavy atom. The van der Waals surface area contributed by atoms with Crippen LogP contribution in [-0.4, -0.2) is 14.4 Å². The van der Waals surface area contributed by atoms with Gasteiger partial charge in [0.25, 0.3) is 5.56 Å². The minimum absolute atomic E-state index is 0.113. The lowest BCUT2D eigenvalue weighted by molar-refractivity contribution is 0.227. The Balaban J connectivity index is 2.09. The van der Waals surface area contributed by atoms with Crippen molar-refractivity contribution in [1.82, 2.24) is 14.4 Å². The van der Waals surface area contributed by atoms with E-state index >= 15 is 0 Å². The molecule has 1 saturated carbocycles. The van der Waals surface area contributed by atoms with Crippen molar-refractivity contribution < 1.29 is 0 Å². The van der Waals surface area contributed by atoms with Crippen LogP contribution in [0.15, 0.2) is 23.3 Å². The fourth-order valence-corrected chi connectivity index (χ4v) is 4.13. The number of hydrogen-bond acceptors (Lipinski definition) is 3. The van der Waals surface area contributed by atoms with Crippen LogP contribution in [0.1, 0.15) is 50.8 Å². The molecule has 0 unspecified atom stereocenters. The lowest BCUT2D eigenvalue weighted by Crippen LogP contribution is -2.32. The molecule has 0 aromatic carbocycles. The molecule has 98 valence electrons. The zero-order valence-electron chi connectivity index (χ0n) is 11.5. The van der Waals surface area contributed by atoms with Crippen molar-refractivity contribution in [2.75, 3.05) is 0 Å². The summed E-state index contributed by atoms with van der Waals surface area (Å²) in [5.41, 5.74) is 2.63. The highest BCUT2D eigenvalue weighted by molar-refractivity contribution is 5.47. The molecule has 0 spiro atoms. The molecule has 2 heterocycles. The molecule has 2 bridgehead atoms. The predicted octanol–water partition coefficient (Wildman–Crippen LogP) is 2.26. The smallest absolute Gasteiger partial charge is 0.274 e. The monoisotopic (exact) mass is 255 g/mol. The summed E-state index contributed by atoms with van der Waals surface area (Å²) in [5.74, 6) is 1.10. The van der Waals surface area contributed by atoms with Gasteiger partial charge in [-0.25, -0.2) is 4.98 Å². The lowest BCUT2D eigenvalue weighted by Gasteiger charge is -2.34. The second-order valence-electron chi connectivity index (χ2n) is 6.66. The summed E-state index contributed by atoms with van der Waals surface area (Å²) >= 11 is 0. The fraction of sp³-hybridized carbons (Fsp3) is 0.533. The summed E-state index contributed by atoms with van der Waals surface area (Å²) in [5, 5.41) is 0. The predicted molar refractivity (Wildman–Crippen MR) is 72.4 cm³/mol. The van der Waals surface area contributed by atoms with Crippen molar-refractivity contribution in [2.45, 2.75) is 44.9 Å². The summed E-state index contributed by atoms with van der Waals surface area (Å²) < 4.78 is 1.88. The highest BCUT2D eigenvalue weighted by Crippen LogP contribution is 2.66. The van der Waals surface area contributed by atoms with Crippen molar-refractivity contribution in [2.24, 2.45) is 5.41 Å². The van der Waals surface area contributed by atoms with E-state index in [0.29, 0.717) is 11.7 Å². The highest BCUT2D eigenvalue weighted by atomic mass is 16.1. The molecule has 4 heteroatoms. The third-order valence-electron chi connectivity index (χ3n) is 5.71. The number of nitrogens with zero attached hydrogens (tertiary/aromatic N) is 3. The molecule has 0 N–H and O–H groups in total. The Hall–Kier alpha value is -1.71. The topological polar surface area (TPSA) is 47.3 Å². The zero-order chi connectivity index (χ0) is 13.4. The van der Waals surface area contributed by atoms with Gasteiger partial charge in [0.15, 0.2) is 0 Å². The highest BCUT2D eigenvalue weighted by Gasteiger charge is 2.60. The van der Waals surface area contributed by atoms with Gasteiger partial charge in [-0.15, -0.1) is 0 Å². The molecular formula is C15H17N3O. The van der Waals surface area contributed by atoms with Gasteiger partial charge in [0.05, 0.1) is 5.69 Å². The van der Waals surface area contributed by atoms with E-state index in [-0.39, 0.29) is 16.4 Å². The van der Waals surface area contributed by atoms with E-state index in [1.54, 1.807) is 6.20 Å². The zero-order valence-corrected chi connectivity index (χ0v) is 11.5. The van der Waals surface area contributed by atoms with Gasteiger partial charge in [0.1, 0.15) is 0 Å². The minimum atomic E-state index is -0.222. The molecule has 4 rings (SSSR count). The van der Waals surface area contributed by atoms with Crippen LogP contribution in [-0.2, 0) is 5.41 Å². The van der Waals surface area contributed by atoms with E-state index in [2.05, 4.69) is 32.0 Å². The Morgan fingerprint density at radius 3 is 2.89 bits per heavy atom. The summed E-state index contributed by atoms with van der Waals surface area (Å²) in [6.45, 7) is 6.99. The van der Waals surface area contributed by atoms with Crippen LogP contribution in [0.2, 0.25) is 0 Å². The largest absolute Gasteiger partial charge is 0.292 e. The van der Waals surface area contributed by atoms with E-state index in [4.69, 9.17) is 4.98 Å². The normalized spacial score (nSPS) is 30.8. The van der Waals surface area contributed by atoms with Gasteiger partial charge in [-0.05, 0) is 29.7 Å². The van der Waals surface area contributed by atoms with E-state index in [9.17, 15) is 4.79 Å². The van der Waals surface area contributed by atoms with Gasteiger partial charge in [-0.3, -0.25) is 9.20 Å². The maximum atomic E-state index is 11.4. The van der Waals surface area contributed by atoms with Crippen LogP contribution in [0.4, 0.5) is 0 Å². The van der Waals surface area contributed by atoms with Gasteiger partial charge >= 0.3 is 0 Å². The van der Waals surface area contributed by atoms with Crippen LogP contribution < -0.4 is 5.56 Å². The molecule has 0 saturated heterocycles. The van der Waals surface area contributed by atoms with Crippen LogP contribution in [0.5, 0.6) is 0 Å². The lowest BCUT2D eigenvalue weighted by atomic mass is 9.70. The molecule has 2 aliphatic rings. The molecule has 2 atom stereocenters. The van der Waals surface area contributed by atoms with Crippen LogP contribution >= 0.6 is 0 Å². The SMILES string of the molecule is CC1(C)[C@@H]2CC[C@@]1(C)c1nc3nc(=O)ccn3cc12. The van der Waals surface area contributed by atoms with Crippen molar-refractivity contribution in [3.05, 3.63) is 40.1 Å². The van der Waals surface area contributed by atoms with Gasteiger partial charge in [-0.1, -0.05) is 20.8 Å². The van der Waals surface area contributed by atoms with Crippen molar-refractivity contribution in [3.63, 3.8) is 0 Å². The first-order valence-corrected chi connectivity index (χ1v) is 6.84. The molecule has 0 radical (unpaired) electrons. The molecule has 1 fully saturated rings. The standard InChI is InChI=1S/C15H17N3O/c1-14(2)10-4-6-15(14,3)12-9(10)8-18-7-5-11(19)16-13(18)17-12/h5,7-8,10H,4,6H2,1-3H3/t10-,15+/m1/s1. The summed E-state index contributed by atoms with van der Waals surface area (Å²) in [4.78, 5) is 20.1. The summed E-state index contributed by atoms with van der Waals surface area (Å²) in [6, 6.07) is 1.49. The summed E-state index contributed by atoms with van der Waals surface area (Å²) in [7, 11) is 0. The molecular weight excluding hydrogens is 238 g/mol. The summed E-state index contributed by atoms with van der Waals surface area (Å²) in [6.07, 6.45) is 6.30. The Bertz CT molecular complexity index is 762. The maximum Gasteiger partial charge on any atom is 0.274 e. The maximum absolute atomic E-state index is 11.4. The van der Waals surface area contributed by atoms with Crippen LogP contribution in [0.3, 0.4) is 0 Å². The minimum Gasteiger partial charge on any atom is -0.292 e. The van der Waals surface area contributed by atoms with Crippen molar-refractivity contribution >= 4 is 5.78 Å². The third kappa shape index (κ3) is 1.13. The van der Waals surface area contributed by atoms with Crippen molar-refractivity contribution in [1.29, 1.82) is 0 Å². The van der Waals surface area contributed by atoms with Gasteiger partial charge < -0.3 is 0 Å². The molecule has 2 aliphatic carbocycles. The van der Waals surface area contributed by atoms with E-state index in [1.165, 1.54) is 24.5 Å². The quantitative estimate of drug-likeness (QED) is 0.725. The van der Waals surface area contributed by atoms with Crippen molar-refractivity contribution in [3.8, 4) is 0 Å². The van der Waals surface area contributed by atoms with Gasteiger partial charge in [0.2, 0.25) is 5.78 Å². The number of aromatic nitrogens is 3. The first kappa shape index (κ1) is 11.1. The molecule has 4 nitrogen and oxygen atoms in total. The first-order valence-electron chi connectivity index (χ1n) is 6.84. The van der Waals surface area contributed by atoms with E-state index in [0.717, 1.165) is 5.69 Å². The van der Waals surface area contributed by atoms with Gasteiger partial charge in [-0.2, -0.15) is 4.98 Å². The number of rotatable bonds is 0. The number of fused-ring (bicyclic) bond motifs is 6. The second kappa shape index (κ2) is 3.06. The average molecular weight is 255 g/mol. The Labute approximate surface area is 111 Å². The molecule has 2 aromatic heterocycles. The Kier molecular flexibility index (Phi) is 1.79. The molecule has 2 aromatic rings. The van der Waals surface area contributed by atoms with Crippen LogP contribution in [0.25, 0.3) is 5.78 Å².